The summed E-state index contributed by atoms with van der Waals surface area (Å²) in [5, 5.41) is 0. The van der Waals surface area contributed by atoms with Gasteiger partial charge in [0.1, 0.15) is 5.41 Å². The molecule has 0 amide bonds. The van der Waals surface area contributed by atoms with Gasteiger partial charge in [0.2, 0.25) is 0 Å². The molecule has 0 radical (unpaired) electrons. The Morgan fingerprint density at radius 3 is 1.25 bits per heavy atom. The third kappa shape index (κ3) is 2.42. The van der Waals surface area contributed by atoms with Crippen LogP contribution < -0.4 is 0 Å². The van der Waals surface area contributed by atoms with Crippen LogP contribution >= 0.6 is 0 Å². The van der Waals surface area contributed by atoms with Gasteiger partial charge < -0.3 is 0 Å². The molecule has 0 saturated heterocycles. The molecule has 1 unspecified atom stereocenters. The number of allylic oxidation sites excluding steroid dienone is 2. The van der Waals surface area contributed by atoms with Gasteiger partial charge in [-0.2, -0.15) is 39.5 Å². The Balaban J connectivity index is 6.69. The van der Waals surface area contributed by atoms with Crippen LogP contribution in [0.2, 0.25) is 0 Å². The van der Waals surface area contributed by atoms with E-state index in [4.69, 9.17) is 0 Å². The molecular weight excluding hydrogens is 303 g/mol. The molecule has 0 aliphatic carbocycles. The van der Waals surface area contributed by atoms with Crippen molar-refractivity contribution < 1.29 is 39.5 Å². The van der Waals surface area contributed by atoms with E-state index < -0.39 is 35.8 Å². The maximum atomic E-state index is 13.0. The zero-order valence-corrected chi connectivity index (χ0v) is 10.2. The van der Waals surface area contributed by atoms with E-state index in [1.165, 1.54) is 0 Å². The van der Waals surface area contributed by atoms with Gasteiger partial charge in [-0.3, -0.25) is 0 Å². The summed E-state index contributed by atoms with van der Waals surface area (Å²) in [4.78, 5) is 0. The topological polar surface area (TPSA) is 0 Å². The molecule has 9 heteroatoms. The van der Waals surface area contributed by atoms with Crippen molar-refractivity contribution in [3.05, 3.63) is 25.3 Å². The van der Waals surface area contributed by atoms with Crippen molar-refractivity contribution in [1.82, 2.24) is 0 Å². The normalized spacial score (nSPS) is 17.5. The molecular formula is C11H11F9. The van der Waals surface area contributed by atoms with Crippen LogP contribution in [0, 0.1) is 10.8 Å². The lowest BCUT2D eigenvalue weighted by atomic mass is 9.60. The molecule has 0 aliphatic heterocycles. The Hall–Kier alpha value is -1.15. The van der Waals surface area contributed by atoms with Crippen molar-refractivity contribution in [2.75, 3.05) is 0 Å². The minimum atomic E-state index is -6.20. The molecule has 1 atom stereocenters. The SMILES string of the molecule is C=CCC(C(F)(F)F)(C(F)(F)F)C(C)(C=C)C(F)(F)F. The summed E-state index contributed by atoms with van der Waals surface area (Å²) in [7, 11) is 0. The van der Waals surface area contributed by atoms with E-state index in [0.717, 1.165) is 0 Å². The molecule has 0 spiro atoms. The molecule has 20 heavy (non-hydrogen) atoms. The van der Waals surface area contributed by atoms with Gasteiger partial charge in [0, 0.05) is 0 Å². The van der Waals surface area contributed by atoms with Crippen molar-refractivity contribution in [1.29, 1.82) is 0 Å². The Morgan fingerprint density at radius 1 is 0.750 bits per heavy atom. The zero-order valence-electron chi connectivity index (χ0n) is 10.2. The minimum absolute atomic E-state index is 0.161. The van der Waals surface area contributed by atoms with Gasteiger partial charge in [-0.25, -0.2) is 0 Å². The molecule has 0 fully saturated rings. The lowest BCUT2D eigenvalue weighted by Gasteiger charge is -2.48. The summed E-state index contributed by atoms with van der Waals surface area (Å²) in [6.07, 6.45) is -20.4. The predicted octanol–water partition coefficient (Wildman–Crippen LogP) is 5.43. The molecule has 0 saturated carbocycles. The number of rotatable bonds is 4. The first-order valence-electron chi connectivity index (χ1n) is 5.07. The predicted molar refractivity (Wildman–Crippen MR) is 53.7 cm³/mol. The van der Waals surface area contributed by atoms with Gasteiger partial charge >= 0.3 is 18.5 Å². The molecule has 0 aromatic carbocycles. The summed E-state index contributed by atoms with van der Waals surface area (Å²) < 4.78 is 116. The average molecular weight is 314 g/mol. The summed E-state index contributed by atoms with van der Waals surface area (Å²) >= 11 is 0. The smallest absolute Gasteiger partial charge is 0.170 e. The molecule has 0 N–H and O–H groups in total. The first-order valence-corrected chi connectivity index (χ1v) is 5.07. The van der Waals surface area contributed by atoms with Gasteiger partial charge in [-0.15, -0.1) is 13.2 Å². The summed E-state index contributed by atoms with van der Waals surface area (Å²) in [5.74, 6) is 0. The van der Waals surface area contributed by atoms with Gasteiger partial charge in [0.15, 0.2) is 5.41 Å². The third-order valence-corrected chi connectivity index (χ3v) is 3.30. The van der Waals surface area contributed by atoms with Crippen molar-refractivity contribution >= 4 is 0 Å². The number of halogens is 9. The largest absolute Gasteiger partial charge is 0.404 e. The highest BCUT2D eigenvalue weighted by atomic mass is 19.4. The van der Waals surface area contributed by atoms with Crippen molar-refractivity contribution in [2.45, 2.75) is 31.9 Å². The maximum Gasteiger partial charge on any atom is 0.404 e. The Labute approximate surface area is 108 Å². The second-order valence-electron chi connectivity index (χ2n) is 4.30. The molecule has 0 aromatic rings. The lowest BCUT2D eigenvalue weighted by Crippen LogP contribution is -2.63. The fraction of sp³-hybridized carbons (Fsp3) is 0.636. The summed E-state index contributed by atoms with van der Waals surface area (Å²) in [6, 6.07) is 0. The van der Waals surface area contributed by atoms with Crippen LogP contribution in [0.25, 0.3) is 0 Å². The fourth-order valence-electron chi connectivity index (χ4n) is 1.94. The van der Waals surface area contributed by atoms with E-state index in [-0.39, 0.29) is 19.1 Å². The molecule has 0 aromatic heterocycles. The highest BCUT2D eigenvalue weighted by molar-refractivity contribution is 5.16. The lowest BCUT2D eigenvalue weighted by molar-refractivity contribution is -0.405. The van der Waals surface area contributed by atoms with E-state index in [0.29, 0.717) is 0 Å². The quantitative estimate of drug-likeness (QED) is 0.479. The summed E-state index contributed by atoms with van der Waals surface area (Å²) in [6.45, 7) is 5.04. The van der Waals surface area contributed by atoms with Crippen LogP contribution in [-0.4, -0.2) is 18.5 Å². The molecule has 0 nitrogen and oxygen atoms in total. The van der Waals surface area contributed by atoms with Crippen molar-refractivity contribution in [3.8, 4) is 0 Å². The van der Waals surface area contributed by atoms with Gasteiger partial charge in [0.25, 0.3) is 0 Å². The van der Waals surface area contributed by atoms with Crippen LogP contribution in [0.3, 0.4) is 0 Å². The van der Waals surface area contributed by atoms with Crippen LogP contribution in [0.4, 0.5) is 39.5 Å². The van der Waals surface area contributed by atoms with Crippen molar-refractivity contribution in [3.63, 3.8) is 0 Å². The summed E-state index contributed by atoms with van der Waals surface area (Å²) in [5.41, 5.74) is -9.29. The van der Waals surface area contributed by atoms with Crippen LogP contribution in [-0.2, 0) is 0 Å². The highest BCUT2D eigenvalue weighted by Crippen LogP contribution is 2.67. The van der Waals surface area contributed by atoms with Crippen LogP contribution in [0.15, 0.2) is 25.3 Å². The molecule has 0 aliphatic rings. The molecule has 0 bridgehead atoms. The second kappa shape index (κ2) is 5.00. The van der Waals surface area contributed by atoms with Crippen LogP contribution in [0.5, 0.6) is 0 Å². The number of alkyl halides is 9. The number of hydrogen-bond acceptors (Lipinski definition) is 0. The molecule has 118 valence electrons. The van der Waals surface area contributed by atoms with Gasteiger partial charge in [-0.05, 0) is 13.3 Å². The Bertz CT molecular complexity index is 357. The second-order valence-corrected chi connectivity index (χ2v) is 4.30. The zero-order chi connectivity index (χ0) is 16.6. The van der Waals surface area contributed by atoms with E-state index in [1.807, 2.05) is 0 Å². The maximum absolute atomic E-state index is 13.0. The third-order valence-electron chi connectivity index (χ3n) is 3.30. The highest BCUT2D eigenvalue weighted by Gasteiger charge is 2.82. The minimum Gasteiger partial charge on any atom is -0.170 e. The van der Waals surface area contributed by atoms with Gasteiger partial charge in [-0.1, -0.05) is 12.2 Å². The van der Waals surface area contributed by atoms with Crippen LogP contribution in [0.1, 0.15) is 13.3 Å². The van der Waals surface area contributed by atoms with E-state index >= 15 is 0 Å². The fourth-order valence-corrected chi connectivity index (χ4v) is 1.94. The molecule has 0 heterocycles. The van der Waals surface area contributed by atoms with Gasteiger partial charge in [0.05, 0.1) is 0 Å². The molecule has 0 rings (SSSR count). The Kier molecular flexibility index (Phi) is 4.71. The Morgan fingerprint density at radius 2 is 1.10 bits per heavy atom. The standard InChI is InChI=1S/C11H11F9/c1-4-6-8(10(15,16)17,11(18,19)20)7(3,5-2)9(12,13)14/h4-5H,1-2,6H2,3H3. The number of hydrogen-bond donors (Lipinski definition) is 0. The van der Waals surface area contributed by atoms with Crippen molar-refractivity contribution in [2.24, 2.45) is 10.8 Å². The monoisotopic (exact) mass is 314 g/mol. The first-order chi connectivity index (χ1) is 8.62. The van der Waals surface area contributed by atoms with E-state index in [9.17, 15) is 39.5 Å². The van der Waals surface area contributed by atoms with E-state index in [1.54, 1.807) is 0 Å². The van der Waals surface area contributed by atoms with E-state index in [2.05, 4.69) is 13.2 Å². The average Bonchev–Trinajstić information content (AvgIpc) is 2.19. The first kappa shape index (κ1) is 18.9.